The van der Waals surface area contributed by atoms with E-state index in [2.05, 4.69) is 10.1 Å². The number of rotatable bonds is 4. The van der Waals surface area contributed by atoms with Crippen molar-refractivity contribution in [3.63, 3.8) is 0 Å². The molecule has 0 saturated carbocycles. The Bertz CT molecular complexity index is 552. The summed E-state index contributed by atoms with van der Waals surface area (Å²) in [4.78, 5) is 4.23. The van der Waals surface area contributed by atoms with Crippen molar-refractivity contribution in [1.29, 1.82) is 0 Å². The highest BCUT2D eigenvalue weighted by Gasteiger charge is 2.23. The second kappa shape index (κ2) is 5.36. The van der Waals surface area contributed by atoms with Crippen LogP contribution >= 0.6 is 0 Å². The highest BCUT2D eigenvalue weighted by Crippen LogP contribution is 2.23. The number of benzene rings is 1. The Morgan fingerprint density at radius 3 is 3.05 bits per heavy atom. The first kappa shape index (κ1) is 12.1. The highest BCUT2D eigenvalue weighted by molar-refractivity contribution is 5.23. The summed E-state index contributed by atoms with van der Waals surface area (Å²) in [5.74, 6) is 0.901. The first-order chi connectivity index (χ1) is 9.33. The average molecular weight is 264 g/mol. The first-order valence-electron chi connectivity index (χ1n) is 6.10. The van der Waals surface area contributed by atoms with Crippen LogP contribution in [0.3, 0.4) is 0 Å². The number of ether oxygens (including phenoxy) is 2. The smallest absolute Gasteiger partial charge is 0.232 e. The Morgan fingerprint density at radius 1 is 1.37 bits per heavy atom. The van der Waals surface area contributed by atoms with Crippen molar-refractivity contribution in [3.8, 4) is 5.75 Å². The molecule has 1 fully saturated rings. The van der Waals surface area contributed by atoms with Crippen molar-refractivity contribution in [2.75, 3.05) is 13.2 Å². The summed E-state index contributed by atoms with van der Waals surface area (Å²) in [6, 6.07) is 6.21. The first-order valence-corrected chi connectivity index (χ1v) is 6.10. The Morgan fingerprint density at radius 2 is 2.26 bits per heavy atom. The van der Waals surface area contributed by atoms with E-state index >= 15 is 0 Å². The van der Waals surface area contributed by atoms with Crippen LogP contribution < -0.4 is 4.74 Å². The van der Waals surface area contributed by atoms with E-state index in [9.17, 15) is 4.39 Å². The molecule has 6 heteroatoms. The van der Waals surface area contributed by atoms with Crippen LogP contribution in [0.15, 0.2) is 28.8 Å². The molecule has 2 aromatic rings. The van der Waals surface area contributed by atoms with Crippen LogP contribution in [0.4, 0.5) is 4.39 Å². The van der Waals surface area contributed by atoms with Crippen LogP contribution in [-0.4, -0.2) is 23.4 Å². The summed E-state index contributed by atoms with van der Waals surface area (Å²) >= 11 is 0. The van der Waals surface area contributed by atoms with Gasteiger partial charge in [-0.25, -0.2) is 4.39 Å². The molecule has 0 spiro atoms. The van der Waals surface area contributed by atoms with E-state index in [1.165, 1.54) is 6.07 Å². The summed E-state index contributed by atoms with van der Waals surface area (Å²) < 4.78 is 29.1. The van der Waals surface area contributed by atoms with Crippen LogP contribution in [0.25, 0.3) is 0 Å². The second-order valence-corrected chi connectivity index (χ2v) is 4.33. The zero-order chi connectivity index (χ0) is 13.1. The Hall–Kier alpha value is -1.95. The molecule has 1 aromatic carbocycles. The minimum atomic E-state index is -0.407. The SMILES string of the molecule is Fc1ccccc1OCc1noc(C2CCOC2)n1. The highest BCUT2D eigenvalue weighted by atomic mass is 19.1. The third kappa shape index (κ3) is 2.73. The standard InChI is InChI=1S/C13H13FN2O3/c14-10-3-1-2-4-11(10)18-8-12-15-13(19-16-12)9-5-6-17-7-9/h1-4,9H,5-8H2. The van der Waals surface area contributed by atoms with Gasteiger partial charge in [-0.05, 0) is 18.6 Å². The van der Waals surface area contributed by atoms with Gasteiger partial charge in [0.25, 0.3) is 0 Å². The van der Waals surface area contributed by atoms with Gasteiger partial charge in [0.1, 0.15) is 0 Å². The van der Waals surface area contributed by atoms with Gasteiger partial charge in [0.2, 0.25) is 11.7 Å². The number of halogens is 1. The molecule has 3 rings (SSSR count). The molecule has 1 aliphatic heterocycles. The minimum Gasteiger partial charge on any atom is -0.482 e. The predicted molar refractivity (Wildman–Crippen MR) is 63.2 cm³/mol. The van der Waals surface area contributed by atoms with Crippen molar-refractivity contribution < 1.29 is 18.4 Å². The van der Waals surface area contributed by atoms with Crippen molar-refractivity contribution >= 4 is 0 Å². The fourth-order valence-corrected chi connectivity index (χ4v) is 1.93. The third-order valence-electron chi connectivity index (χ3n) is 2.96. The van der Waals surface area contributed by atoms with Gasteiger partial charge in [-0.15, -0.1) is 0 Å². The number of para-hydroxylation sites is 1. The van der Waals surface area contributed by atoms with Crippen LogP contribution in [0.2, 0.25) is 0 Å². The normalized spacial score (nSPS) is 18.7. The fourth-order valence-electron chi connectivity index (χ4n) is 1.93. The van der Waals surface area contributed by atoms with E-state index in [0.29, 0.717) is 24.9 Å². The van der Waals surface area contributed by atoms with Crippen molar-refractivity contribution in [2.45, 2.75) is 18.9 Å². The lowest BCUT2D eigenvalue weighted by atomic mass is 10.1. The lowest BCUT2D eigenvalue weighted by Gasteiger charge is -2.03. The Kier molecular flexibility index (Phi) is 3.41. The van der Waals surface area contributed by atoms with Crippen LogP contribution in [0.5, 0.6) is 5.75 Å². The summed E-state index contributed by atoms with van der Waals surface area (Å²) in [5, 5.41) is 3.82. The van der Waals surface area contributed by atoms with E-state index in [4.69, 9.17) is 14.0 Å². The maximum absolute atomic E-state index is 13.3. The van der Waals surface area contributed by atoms with Gasteiger partial charge in [-0.1, -0.05) is 17.3 Å². The number of nitrogens with zero attached hydrogens (tertiary/aromatic N) is 2. The van der Waals surface area contributed by atoms with Gasteiger partial charge in [-0.3, -0.25) is 0 Å². The van der Waals surface area contributed by atoms with Gasteiger partial charge >= 0.3 is 0 Å². The maximum Gasteiger partial charge on any atom is 0.232 e. The van der Waals surface area contributed by atoms with Crippen molar-refractivity contribution in [3.05, 3.63) is 41.8 Å². The quantitative estimate of drug-likeness (QED) is 0.848. The molecular weight excluding hydrogens is 251 g/mol. The molecule has 0 amide bonds. The van der Waals surface area contributed by atoms with Crippen LogP contribution in [-0.2, 0) is 11.3 Å². The van der Waals surface area contributed by atoms with Crippen molar-refractivity contribution in [1.82, 2.24) is 10.1 Å². The molecule has 0 N–H and O–H groups in total. The molecule has 1 unspecified atom stereocenters. The van der Waals surface area contributed by atoms with E-state index < -0.39 is 5.82 Å². The molecule has 1 atom stereocenters. The molecule has 2 heterocycles. The number of hydrogen-bond donors (Lipinski definition) is 0. The lowest BCUT2D eigenvalue weighted by molar-refractivity contribution is 0.189. The van der Waals surface area contributed by atoms with E-state index in [1.807, 2.05) is 0 Å². The topological polar surface area (TPSA) is 57.4 Å². The molecule has 1 saturated heterocycles. The summed E-state index contributed by atoms with van der Waals surface area (Å²) in [6.07, 6.45) is 0.885. The zero-order valence-corrected chi connectivity index (χ0v) is 10.2. The Labute approximate surface area is 109 Å². The van der Waals surface area contributed by atoms with E-state index in [1.54, 1.807) is 18.2 Å². The van der Waals surface area contributed by atoms with E-state index in [0.717, 1.165) is 6.42 Å². The molecule has 19 heavy (non-hydrogen) atoms. The van der Waals surface area contributed by atoms with Gasteiger partial charge in [-0.2, -0.15) is 4.98 Å². The molecule has 1 aliphatic rings. The maximum atomic E-state index is 13.3. The lowest BCUT2D eigenvalue weighted by Crippen LogP contribution is -2.01. The summed E-state index contributed by atoms with van der Waals surface area (Å²) in [6.45, 7) is 1.40. The summed E-state index contributed by atoms with van der Waals surface area (Å²) in [7, 11) is 0. The second-order valence-electron chi connectivity index (χ2n) is 4.33. The Balaban J connectivity index is 1.63. The summed E-state index contributed by atoms with van der Waals surface area (Å²) in [5.41, 5.74) is 0. The molecule has 5 nitrogen and oxygen atoms in total. The monoisotopic (exact) mass is 264 g/mol. The van der Waals surface area contributed by atoms with E-state index in [-0.39, 0.29) is 18.3 Å². The number of hydrogen-bond acceptors (Lipinski definition) is 5. The minimum absolute atomic E-state index is 0.0814. The van der Waals surface area contributed by atoms with Crippen LogP contribution in [0, 0.1) is 5.82 Å². The average Bonchev–Trinajstić information content (AvgIpc) is 3.09. The molecule has 0 aliphatic carbocycles. The van der Waals surface area contributed by atoms with Gasteiger partial charge < -0.3 is 14.0 Å². The molecule has 1 aromatic heterocycles. The predicted octanol–water partition coefficient (Wildman–Crippen LogP) is 2.29. The third-order valence-corrected chi connectivity index (χ3v) is 2.96. The van der Waals surface area contributed by atoms with Crippen LogP contribution in [0.1, 0.15) is 24.1 Å². The largest absolute Gasteiger partial charge is 0.482 e. The van der Waals surface area contributed by atoms with Gasteiger partial charge in [0.05, 0.1) is 12.5 Å². The number of aromatic nitrogens is 2. The molecule has 0 bridgehead atoms. The fraction of sp³-hybridized carbons (Fsp3) is 0.385. The molecule has 100 valence electrons. The molecule has 0 radical (unpaired) electrons. The van der Waals surface area contributed by atoms with Crippen molar-refractivity contribution in [2.24, 2.45) is 0 Å². The molecular formula is C13H13FN2O3. The van der Waals surface area contributed by atoms with Gasteiger partial charge in [0, 0.05) is 6.61 Å². The van der Waals surface area contributed by atoms with Gasteiger partial charge in [0.15, 0.2) is 18.2 Å². The zero-order valence-electron chi connectivity index (χ0n) is 10.2.